The predicted octanol–water partition coefficient (Wildman–Crippen LogP) is 2.27. The number of aromatic amines is 1. The van der Waals surface area contributed by atoms with Gasteiger partial charge in [-0.2, -0.15) is 0 Å². The number of aromatic nitrogens is 3. The zero-order valence-corrected chi connectivity index (χ0v) is 14.9. The summed E-state index contributed by atoms with van der Waals surface area (Å²) in [5, 5.41) is 0.939. The maximum atomic E-state index is 11.6. The third-order valence-electron chi connectivity index (χ3n) is 3.77. The molecule has 124 valence electrons. The molecule has 7 nitrogen and oxygen atoms in total. The molecule has 1 unspecified atom stereocenters. The summed E-state index contributed by atoms with van der Waals surface area (Å²) >= 11 is 3.43. The Morgan fingerprint density at radius 3 is 3.09 bits per heavy atom. The van der Waals surface area contributed by atoms with Crippen LogP contribution in [0.3, 0.4) is 0 Å². The van der Waals surface area contributed by atoms with E-state index in [1.165, 1.54) is 7.11 Å². The summed E-state index contributed by atoms with van der Waals surface area (Å²) in [5.74, 6) is 0.563. The molecule has 1 saturated heterocycles. The molecule has 1 aliphatic heterocycles. The third kappa shape index (κ3) is 3.48. The van der Waals surface area contributed by atoms with Gasteiger partial charge in [-0.25, -0.2) is 9.97 Å². The van der Waals surface area contributed by atoms with E-state index < -0.39 is 0 Å². The molecule has 1 fully saturated rings. The van der Waals surface area contributed by atoms with Crippen LogP contribution in [0.4, 0.5) is 5.82 Å². The van der Waals surface area contributed by atoms with Gasteiger partial charge in [0, 0.05) is 13.1 Å². The van der Waals surface area contributed by atoms with E-state index in [0.717, 1.165) is 21.5 Å². The monoisotopic (exact) mass is 382 g/mol. The molecule has 0 spiro atoms. The molecule has 2 aromatic rings. The number of hydrogen-bond donors (Lipinski definition) is 1. The minimum atomic E-state index is -0.387. The Morgan fingerprint density at radius 2 is 2.35 bits per heavy atom. The van der Waals surface area contributed by atoms with Crippen molar-refractivity contribution < 1.29 is 14.3 Å². The number of hydrogen-bond acceptors (Lipinski definition) is 6. The van der Waals surface area contributed by atoms with Gasteiger partial charge in [-0.3, -0.25) is 4.79 Å². The molecule has 3 rings (SSSR count). The van der Waals surface area contributed by atoms with Crippen molar-refractivity contribution in [3.8, 4) is 0 Å². The van der Waals surface area contributed by atoms with Crippen molar-refractivity contribution >= 4 is 38.8 Å². The highest BCUT2D eigenvalue weighted by molar-refractivity contribution is 9.10. The summed E-state index contributed by atoms with van der Waals surface area (Å²) in [6.45, 7) is 5.27. The summed E-state index contributed by atoms with van der Waals surface area (Å²) in [6.07, 6.45) is 1.53. The largest absolute Gasteiger partial charge is 0.469 e. The average Bonchev–Trinajstić information content (AvgIpc) is 2.85. The first kappa shape index (κ1) is 16.2. The topological polar surface area (TPSA) is 80.3 Å². The molecule has 3 heterocycles. The summed E-state index contributed by atoms with van der Waals surface area (Å²) < 4.78 is 11.6. The fourth-order valence-corrected chi connectivity index (χ4v) is 3.40. The van der Waals surface area contributed by atoms with Crippen LogP contribution in [-0.4, -0.2) is 52.8 Å². The summed E-state index contributed by atoms with van der Waals surface area (Å²) in [7, 11) is 1.39. The number of carbonyl (C=O) groups excluding carboxylic acids is 1. The van der Waals surface area contributed by atoms with Gasteiger partial charge < -0.3 is 19.4 Å². The number of esters is 1. The van der Waals surface area contributed by atoms with Crippen LogP contribution < -0.4 is 4.90 Å². The first-order valence-corrected chi connectivity index (χ1v) is 8.16. The second kappa shape index (κ2) is 6.09. The molecule has 8 heteroatoms. The van der Waals surface area contributed by atoms with Crippen molar-refractivity contribution in [2.24, 2.45) is 0 Å². The predicted molar refractivity (Wildman–Crippen MR) is 89.4 cm³/mol. The van der Waals surface area contributed by atoms with Crippen molar-refractivity contribution in [3.63, 3.8) is 0 Å². The van der Waals surface area contributed by atoms with E-state index >= 15 is 0 Å². The summed E-state index contributed by atoms with van der Waals surface area (Å²) in [4.78, 5) is 25.6. The second-order valence-electron chi connectivity index (χ2n) is 6.24. The Hall–Kier alpha value is -1.67. The molecule has 0 bridgehead atoms. The smallest absolute Gasteiger partial charge is 0.308 e. The van der Waals surface area contributed by atoms with E-state index in [9.17, 15) is 4.79 Å². The minimum absolute atomic E-state index is 0.224. The maximum absolute atomic E-state index is 11.6. The lowest BCUT2D eigenvalue weighted by Gasteiger charge is -2.43. The number of ether oxygens (including phenoxy) is 2. The number of morpholine rings is 1. The van der Waals surface area contributed by atoms with Crippen molar-refractivity contribution in [1.82, 2.24) is 15.0 Å². The van der Waals surface area contributed by atoms with E-state index in [2.05, 4.69) is 35.8 Å². The Labute approximate surface area is 142 Å². The van der Waals surface area contributed by atoms with Gasteiger partial charge in [0.05, 0.1) is 35.2 Å². The number of anilines is 1. The SMILES string of the molecule is COC(=O)CC1CN(c2ncnc3[nH]c(Br)cc23)CC(C)(C)O1. The van der Waals surface area contributed by atoms with Crippen LogP contribution >= 0.6 is 15.9 Å². The molecule has 1 N–H and O–H groups in total. The van der Waals surface area contributed by atoms with Gasteiger partial charge in [0.15, 0.2) is 0 Å². The molecular weight excluding hydrogens is 364 g/mol. The highest BCUT2D eigenvalue weighted by atomic mass is 79.9. The Morgan fingerprint density at radius 1 is 1.57 bits per heavy atom. The van der Waals surface area contributed by atoms with E-state index in [-0.39, 0.29) is 24.1 Å². The molecule has 0 saturated carbocycles. The molecule has 0 aromatic carbocycles. The van der Waals surface area contributed by atoms with Crippen LogP contribution in [0, 0.1) is 0 Å². The number of H-pyrrole nitrogens is 1. The van der Waals surface area contributed by atoms with Gasteiger partial charge in [-0.05, 0) is 35.8 Å². The third-order valence-corrected chi connectivity index (χ3v) is 4.20. The highest BCUT2D eigenvalue weighted by Gasteiger charge is 2.35. The number of rotatable bonds is 3. The van der Waals surface area contributed by atoms with E-state index in [0.29, 0.717) is 13.1 Å². The number of nitrogens with zero attached hydrogens (tertiary/aromatic N) is 3. The molecule has 1 atom stereocenters. The first-order chi connectivity index (χ1) is 10.9. The maximum Gasteiger partial charge on any atom is 0.308 e. The zero-order chi connectivity index (χ0) is 16.6. The molecule has 0 amide bonds. The van der Waals surface area contributed by atoms with Gasteiger partial charge in [0.2, 0.25) is 0 Å². The van der Waals surface area contributed by atoms with Crippen LogP contribution in [0.2, 0.25) is 0 Å². The van der Waals surface area contributed by atoms with Crippen molar-refractivity contribution in [2.45, 2.75) is 32.0 Å². The Kier molecular flexibility index (Phi) is 4.29. The van der Waals surface area contributed by atoms with Crippen LogP contribution in [-0.2, 0) is 14.3 Å². The van der Waals surface area contributed by atoms with Crippen molar-refractivity contribution in [3.05, 3.63) is 17.0 Å². The van der Waals surface area contributed by atoms with Crippen LogP contribution in [0.1, 0.15) is 20.3 Å². The summed E-state index contributed by atoms with van der Waals surface area (Å²) in [5.41, 5.74) is 0.387. The van der Waals surface area contributed by atoms with Gasteiger partial charge in [-0.1, -0.05) is 0 Å². The van der Waals surface area contributed by atoms with E-state index in [4.69, 9.17) is 9.47 Å². The number of nitrogens with one attached hydrogen (secondary N) is 1. The molecule has 2 aromatic heterocycles. The highest BCUT2D eigenvalue weighted by Crippen LogP contribution is 2.31. The molecule has 0 radical (unpaired) electrons. The van der Waals surface area contributed by atoms with E-state index in [1.807, 2.05) is 19.9 Å². The van der Waals surface area contributed by atoms with Crippen LogP contribution in [0.25, 0.3) is 11.0 Å². The molecular formula is C15H19BrN4O3. The Balaban J connectivity index is 1.92. The van der Waals surface area contributed by atoms with Crippen molar-refractivity contribution in [2.75, 3.05) is 25.1 Å². The van der Waals surface area contributed by atoms with Crippen molar-refractivity contribution in [1.29, 1.82) is 0 Å². The standard InChI is InChI=1S/C15H19BrN4O3/c1-15(2)7-20(6-9(23-15)4-12(21)22-3)14-10-5-11(16)19-13(10)17-8-18-14/h5,8-9H,4,6-7H2,1-3H3,(H,17,18,19). The molecule has 0 aliphatic carbocycles. The summed E-state index contributed by atoms with van der Waals surface area (Å²) in [6, 6.07) is 1.96. The van der Waals surface area contributed by atoms with Gasteiger partial charge >= 0.3 is 5.97 Å². The zero-order valence-electron chi connectivity index (χ0n) is 13.3. The lowest BCUT2D eigenvalue weighted by Crippen LogP contribution is -2.53. The fourth-order valence-electron chi connectivity index (χ4n) is 2.98. The average molecular weight is 383 g/mol. The normalized spacial score (nSPS) is 20.7. The lowest BCUT2D eigenvalue weighted by molar-refractivity contribution is -0.148. The number of methoxy groups -OCH3 is 1. The quantitative estimate of drug-likeness (QED) is 0.820. The van der Waals surface area contributed by atoms with Gasteiger partial charge in [0.1, 0.15) is 17.8 Å². The first-order valence-electron chi connectivity index (χ1n) is 7.37. The lowest BCUT2D eigenvalue weighted by atomic mass is 10.0. The number of carbonyl (C=O) groups is 1. The van der Waals surface area contributed by atoms with Crippen LogP contribution in [0.15, 0.2) is 17.0 Å². The van der Waals surface area contributed by atoms with E-state index in [1.54, 1.807) is 6.33 Å². The second-order valence-corrected chi connectivity index (χ2v) is 7.09. The molecule has 23 heavy (non-hydrogen) atoms. The minimum Gasteiger partial charge on any atom is -0.469 e. The van der Waals surface area contributed by atoms with Gasteiger partial charge in [-0.15, -0.1) is 0 Å². The van der Waals surface area contributed by atoms with Gasteiger partial charge in [0.25, 0.3) is 0 Å². The van der Waals surface area contributed by atoms with Crippen LogP contribution in [0.5, 0.6) is 0 Å². The fraction of sp³-hybridized carbons (Fsp3) is 0.533. The Bertz CT molecular complexity index is 731. The number of fused-ring (bicyclic) bond motifs is 1. The number of halogens is 1. The molecule has 1 aliphatic rings.